The number of morpholine rings is 1. The fraction of sp³-hybridized carbons (Fsp3) is 0.643. The Labute approximate surface area is 113 Å². The van der Waals surface area contributed by atoms with Gasteiger partial charge in [-0.05, 0) is 12.0 Å². The summed E-state index contributed by atoms with van der Waals surface area (Å²) in [5, 5.41) is 9.20. The molecule has 1 aromatic heterocycles. The maximum Gasteiger partial charge on any atom is 0.337 e. The first-order valence-corrected chi connectivity index (χ1v) is 6.82. The highest BCUT2D eigenvalue weighted by Gasteiger charge is 2.18. The van der Waals surface area contributed by atoms with Crippen molar-refractivity contribution < 1.29 is 14.6 Å². The quantitative estimate of drug-likeness (QED) is 0.880. The first-order chi connectivity index (χ1) is 9.09. The van der Waals surface area contributed by atoms with E-state index in [1.54, 1.807) is 6.07 Å². The molecule has 0 saturated carbocycles. The van der Waals surface area contributed by atoms with Crippen LogP contribution in [-0.2, 0) is 11.3 Å². The van der Waals surface area contributed by atoms with Crippen LogP contribution in [0.3, 0.4) is 0 Å². The Kier molecular flexibility index (Phi) is 4.61. The Morgan fingerprint density at radius 2 is 2.05 bits per heavy atom. The lowest BCUT2D eigenvalue weighted by atomic mass is 10.1. The molecule has 1 aliphatic heterocycles. The number of hydrogen-bond donors (Lipinski definition) is 1. The van der Waals surface area contributed by atoms with E-state index in [2.05, 4.69) is 9.47 Å². The first-order valence-electron chi connectivity index (χ1n) is 6.82. The average molecular weight is 266 g/mol. The third-order valence-electron chi connectivity index (χ3n) is 3.54. The molecule has 0 radical (unpaired) electrons. The summed E-state index contributed by atoms with van der Waals surface area (Å²) < 4.78 is 7.40. The van der Waals surface area contributed by atoms with Crippen molar-refractivity contribution in [3.8, 4) is 0 Å². The molecule has 1 saturated heterocycles. The van der Waals surface area contributed by atoms with E-state index in [4.69, 9.17) is 4.74 Å². The molecular weight excluding hydrogens is 244 g/mol. The predicted molar refractivity (Wildman–Crippen MR) is 72.7 cm³/mol. The third-order valence-corrected chi connectivity index (χ3v) is 3.54. The van der Waals surface area contributed by atoms with Gasteiger partial charge in [-0.3, -0.25) is 4.90 Å². The highest BCUT2D eigenvalue weighted by molar-refractivity contribution is 5.89. The molecule has 1 N–H and O–H groups in total. The number of carboxylic acids is 1. The summed E-state index contributed by atoms with van der Waals surface area (Å²) >= 11 is 0. The van der Waals surface area contributed by atoms with Crippen molar-refractivity contribution in [3.05, 3.63) is 23.5 Å². The average Bonchev–Trinajstić information content (AvgIpc) is 2.81. The fourth-order valence-corrected chi connectivity index (χ4v) is 2.58. The molecule has 0 spiro atoms. The van der Waals surface area contributed by atoms with Crippen LogP contribution in [0.25, 0.3) is 0 Å². The molecule has 1 fully saturated rings. The minimum Gasteiger partial charge on any atom is -0.478 e. The second kappa shape index (κ2) is 6.21. The molecule has 106 valence electrons. The van der Waals surface area contributed by atoms with Gasteiger partial charge in [0.05, 0.1) is 18.8 Å². The zero-order chi connectivity index (χ0) is 13.8. The van der Waals surface area contributed by atoms with Crippen molar-refractivity contribution in [1.29, 1.82) is 0 Å². The Morgan fingerprint density at radius 3 is 2.63 bits per heavy atom. The fourth-order valence-electron chi connectivity index (χ4n) is 2.58. The summed E-state index contributed by atoms with van der Waals surface area (Å²) in [5.41, 5.74) is 1.35. The van der Waals surface area contributed by atoms with Crippen molar-refractivity contribution >= 4 is 5.97 Å². The number of carboxylic acid groups (broad SMARTS) is 1. The zero-order valence-electron chi connectivity index (χ0n) is 11.6. The Bertz CT molecular complexity index is 434. The van der Waals surface area contributed by atoms with E-state index in [0.29, 0.717) is 5.56 Å². The number of nitrogens with zero attached hydrogens (tertiary/aromatic N) is 2. The SMILES string of the molecule is CC(C)c1c(C(=O)O)ccn1CCN1CCOCC1. The van der Waals surface area contributed by atoms with Gasteiger partial charge < -0.3 is 14.4 Å². The summed E-state index contributed by atoms with van der Waals surface area (Å²) in [6.45, 7) is 9.36. The standard InChI is InChI=1S/C14H22N2O3/c1-11(2)13-12(14(17)18)3-4-16(13)6-5-15-7-9-19-10-8-15/h3-4,11H,5-10H2,1-2H3,(H,17,18). The van der Waals surface area contributed by atoms with Crippen molar-refractivity contribution in [2.75, 3.05) is 32.8 Å². The van der Waals surface area contributed by atoms with Crippen molar-refractivity contribution in [3.63, 3.8) is 0 Å². The molecule has 0 atom stereocenters. The van der Waals surface area contributed by atoms with E-state index in [9.17, 15) is 9.90 Å². The Hall–Kier alpha value is -1.33. The third kappa shape index (κ3) is 3.36. The number of carbonyl (C=O) groups is 1. The molecule has 0 aromatic carbocycles. The van der Waals surface area contributed by atoms with Crippen LogP contribution in [0, 0.1) is 0 Å². The van der Waals surface area contributed by atoms with Crippen LogP contribution in [0.1, 0.15) is 35.8 Å². The molecule has 1 aromatic rings. The van der Waals surface area contributed by atoms with Gasteiger partial charge in [0.15, 0.2) is 0 Å². The molecule has 2 heterocycles. The molecule has 19 heavy (non-hydrogen) atoms. The van der Waals surface area contributed by atoms with E-state index in [-0.39, 0.29) is 5.92 Å². The summed E-state index contributed by atoms with van der Waals surface area (Å²) in [4.78, 5) is 13.6. The van der Waals surface area contributed by atoms with Gasteiger partial charge in [-0.25, -0.2) is 4.79 Å². The summed E-state index contributed by atoms with van der Waals surface area (Å²) in [5.74, 6) is -0.625. The van der Waals surface area contributed by atoms with Crippen LogP contribution in [0.5, 0.6) is 0 Å². The molecular formula is C14H22N2O3. The van der Waals surface area contributed by atoms with Crippen LogP contribution in [0.4, 0.5) is 0 Å². The molecule has 0 amide bonds. The molecule has 2 rings (SSSR count). The molecule has 5 nitrogen and oxygen atoms in total. The molecule has 1 aliphatic rings. The Balaban J connectivity index is 2.05. The minimum absolute atomic E-state index is 0.214. The number of hydrogen-bond acceptors (Lipinski definition) is 3. The van der Waals surface area contributed by atoms with Gasteiger partial charge in [-0.2, -0.15) is 0 Å². The highest BCUT2D eigenvalue weighted by Crippen LogP contribution is 2.21. The lowest BCUT2D eigenvalue weighted by molar-refractivity contribution is 0.0363. The largest absolute Gasteiger partial charge is 0.478 e. The molecule has 0 unspecified atom stereocenters. The van der Waals surface area contributed by atoms with E-state index < -0.39 is 5.97 Å². The summed E-state index contributed by atoms with van der Waals surface area (Å²) in [7, 11) is 0. The number of aromatic carboxylic acids is 1. The first kappa shape index (κ1) is 14.1. The van der Waals surface area contributed by atoms with E-state index in [1.807, 2.05) is 20.0 Å². The number of ether oxygens (including phenoxy) is 1. The smallest absolute Gasteiger partial charge is 0.337 e. The van der Waals surface area contributed by atoms with Gasteiger partial charge in [0.1, 0.15) is 0 Å². The van der Waals surface area contributed by atoms with Crippen LogP contribution < -0.4 is 0 Å². The Morgan fingerprint density at radius 1 is 1.37 bits per heavy atom. The van der Waals surface area contributed by atoms with Gasteiger partial charge in [-0.1, -0.05) is 13.8 Å². The van der Waals surface area contributed by atoms with Gasteiger partial charge in [-0.15, -0.1) is 0 Å². The van der Waals surface area contributed by atoms with E-state index in [1.165, 1.54) is 0 Å². The minimum atomic E-state index is -0.839. The predicted octanol–water partition coefficient (Wildman–Crippen LogP) is 1.64. The van der Waals surface area contributed by atoms with Crippen molar-refractivity contribution in [2.45, 2.75) is 26.3 Å². The van der Waals surface area contributed by atoms with Crippen LogP contribution in [0.2, 0.25) is 0 Å². The van der Waals surface area contributed by atoms with Crippen LogP contribution in [0.15, 0.2) is 12.3 Å². The van der Waals surface area contributed by atoms with Crippen LogP contribution in [-0.4, -0.2) is 53.4 Å². The lowest BCUT2D eigenvalue weighted by Gasteiger charge is -2.27. The van der Waals surface area contributed by atoms with Gasteiger partial charge in [0, 0.05) is 38.1 Å². The second-order valence-corrected chi connectivity index (χ2v) is 5.22. The van der Waals surface area contributed by atoms with Gasteiger partial charge in [0.25, 0.3) is 0 Å². The topological polar surface area (TPSA) is 54.7 Å². The van der Waals surface area contributed by atoms with Gasteiger partial charge >= 0.3 is 5.97 Å². The maximum absolute atomic E-state index is 11.2. The normalized spacial score (nSPS) is 17.0. The molecule has 0 aliphatic carbocycles. The number of rotatable bonds is 5. The van der Waals surface area contributed by atoms with E-state index in [0.717, 1.165) is 45.1 Å². The lowest BCUT2D eigenvalue weighted by Crippen LogP contribution is -2.38. The summed E-state index contributed by atoms with van der Waals surface area (Å²) in [6, 6.07) is 1.71. The number of aromatic nitrogens is 1. The van der Waals surface area contributed by atoms with Crippen molar-refractivity contribution in [1.82, 2.24) is 9.47 Å². The highest BCUT2D eigenvalue weighted by atomic mass is 16.5. The molecule has 0 bridgehead atoms. The second-order valence-electron chi connectivity index (χ2n) is 5.22. The van der Waals surface area contributed by atoms with E-state index >= 15 is 0 Å². The molecule has 5 heteroatoms. The summed E-state index contributed by atoms with van der Waals surface area (Å²) in [6.07, 6.45) is 1.89. The van der Waals surface area contributed by atoms with Crippen molar-refractivity contribution in [2.24, 2.45) is 0 Å². The monoisotopic (exact) mass is 266 g/mol. The van der Waals surface area contributed by atoms with Crippen LogP contribution >= 0.6 is 0 Å². The zero-order valence-corrected chi connectivity index (χ0v) is 11.6. The maximum atomic E-state index is 11.2. The van der Waals surface area contributed by atoms with Gasteiger partial charge in [0.2, 0.25) is 0 Å².